The van der Waals surface area contributed by atoms with Gasteiger partial charge in [-0.2, -0.15) is 0 Å². The fourth-order valence-electron chi connectivity index (χ4n) is 2.30. The summed E-state index contributed by atoms with van der Waals surface area (Å²) in [5, 5.41) is 3.96. The van der Waals surface area contributed by atoms with Gasteiger partial charge in [0, 0.05) is 30.9 Å². The summed E-state index contributed by atoms with van der Waals surface area (Å²) in [7, 11) is 0. The van der Waals surface area contributed by atoms with Gasteiger partial charge in [0.25, 0.3) is 0 Å². The number of hydrogen-bond acceptors (Lipinski definition) is 2. The van der Waals surface area contributed by atoms with Gasteiger partial charge in [0.15, 0.2) is 5.11 Å². The van der Waals surface area contributed by atoms with E-state index in [9.17, 15) is 4.79 Å². The first kappa shape index (κ1) is 13.8. The number of benzene rings is 1. The Bertz CT molecular complexity index is 451. The van der Waals surface area contributed by atoms with Gasteiger partial charge in [-0.05, 0) is 38.2 Å². The molecule has 1 aliphatic heterocycles. The molecule has 2 rings (SSSR count). The number of hydrogen-bond donors (Lipinski definition) is 1. The van der Waals surface area contributed by atoms with Crippen LogP contribution < -0.4 is 5.32 Å². The van der Waals surface area contributed by atoms with E-state index in [2.05, 4.69) is 17.1 Å². The number of piperazine rings is 1. The van der Waals surface area contributed by atoms with Crippen LogP contribution in [0, 0.1) is 0 Å². The lowest BCUT2D eigenvalue weighted by molar-refractivity contribution is -0.122. The summed E-state index contributed by atoms with van der Waals surface area (Å²) < 4.78 is 0. The predicted molar refractivity (Wildman–Crippen MR) is 81.1 cm³/mol. The van der Waals surface area contributed by atoms with E-state index in [1.165, 1.54) is 0 Å². The largest absolute Gasteiger partial charge is 0.342 e. The van der Waals surface area contributed by atoms with Crippen LogP contribution >= 0.6 is 12.2 Å². The molecular weight excluding hydrogens is 258 g/mol. The monoisotopic (exact) mass is 277 g/mol. The predicted octanol–water partition coefficient (Wildman–Crippen LogP) is 1.93. The van der Waals surface area contributed by atoms with Crippen LogP contribution in [-0.2, 0) is 4.79 Å². The molecule has 1 fully saturated rings. The molecule has 0 aromatic heterocycles. The molecule has 1 amide bonds. The molecule has 1 saturated heterocycles. The summed E-state index contributed by atoms with van der Waals surface area (Å²) in [6, 6.07) is 10.3. The summed E-state index contributed by atoms with van der Waals surface area (Å²) in [5.74, 6) is 0. The first-order valence-electron chi connectivity index (χ1n) is 6.45. The number of nitrogens with one attached hydrogen (secondary N) is 1. The average molecular weight is 277 g/mol. The molecule has 2 atom stereocenters. The van der Waals surface area contributed by atoms with Gasteiger partial charge in [-0.3, -0.25) is 4.79 Å². The summed E-state index contributed by atoms with van der Waals surface area (Å²) in [6.45, 7) is 5.60. The van der Waals surface area contributed by atoms with E-state index < -0.39 is 0 Å². The lowest BCUT2D eigenvalue weighted by atomic mass is 10.1. The van der Waals surface area contributed by atoms with Gasteiger partial charge in [-0.1, -0.05) is 18.2 Å². The molecule has 19 heavy (non-hydrogen) atoms. The first-order valence-corrected chi connectivity index (χ1v) is 6.86. The van der Waals surface area contributed by atoms with E-state index in [1.54, 1.807) is 0 Å². The molecule has 0 bridgehead atoms. The van der Waals surface area contributed by atoms with Crippen LogP contribution in [0.5, 0.6) is 0 Å². The molecule has 0 radical (unpaired) electrons. The van der Waals surface area contributed by atoms with E-state index >= 15 is 0 Å². The van der Waals surface area contributed by atoms with E-state index in [0.29, 0.717) is 6.54 Å². The summed E-state index contributed by atoms with van der Waals surface area (Å²) >= 11 is 5.47. The Morgan fingerprint density at radius 3 is 2.58 bits per heavy atom. The van der Waals surface area contributed by atoms with Crippen molar-refractivity contribution in [2.45, 2.75) is 25.9 Å². The SMILES string of the molecule is C[C@@H]1CN(C(=S)Nc2ccccc2)[C@H](C)CN1C=O. The minimum Gasteiger partial charge on any atom is -0.342 e. The first-order chi connectivity index (χ1) is 9.11. The van der Waals surface area contributed by atoms with Crippen LogP contribution in [0.3, 0.4) is 0 Å². The molecule has 0 aliphatic carbocycles. The number of rotatable bonds is 2. The lowest BCUT2D eigenvalue weighted by Crippen LogP contribution is -2.58. The van der Waals surface area contributed by atoms with Gasteiger partial charge in [0.1, 0.15) is 0 Å². The number of para-hydroxylation sites is 1. The van der Waals surface area contributed by atoms with Crippen molar-refractivity contribution in [3.05, 3.63) is 30.3 Å². The van der Waals surface area contributed by atoms with Crippen molar-refractivity contribution >= 4 is 29.4 Å². The molecule has 1 aliphatic rings. The Balaban J connectivity index is 2.01. The maximum atomic E-state index is 10.9. The Kier molecular flexibility index (Phi) is 4.37. The molecule has 4 nitrogen and oxygen atoms in total. The van der Waals surface area contributed by atoms with Gasteiger partial charge in [0.05, 0.1) is 0 Å². The number of anilines is 1. The maximum Gasteiger partial charge on any atom is 0.210 e. The van der Waals surface area contributed by atoms with E-state index in [0.717, 1.165) is 23.8 Å². The van der Waals surface area contributed by atoms with Crippen LogP contribution in [0.1, 0.15) is 13.8 Å². The highest BCUT2D eigenvalue weighted by Crippen LogP contribution is 2.16. The van der Waals surface area contributed by atoms with Crippen molar-refractivity contribution in [3.8, 4) is 0 Å². The number of thiocarbonyl (C=S) groups is 1. The van der Waals surface area contributed by atoms with Crippen molar-refractivity contribution < 1.29 is 4.79 Å². The van der Waals surface area contributed by atoms with Crippen molar-refractivity contribution in [2.75, 3.05) is 18.4 Å². The fraction of sp³-hybridized carbons (Fsp3) is 0.429. The minimum atomic E-state index is 0.184. The molecule has 0 unspecified atom stereocenters. The second-order valence-corrected chi connectivity index (χ2v) is 5.34. The maximum absolute atomic E-state index is 10.9. The summed E-state index contributed by atoms with van der Waals surface area (Å²) in [5.41, 5.74) is 0.991. The van der Waals surface area contributed by atoms with E-state index in [-0.39, 0.29) is 12.1 Å². The van der Waals surface area contributed by atoms with Crippen LogP contribution in [0.25, 0.3) is 0 Å². The topological polar surface area (TPSA) is 35.6 Å². The van der Waals surface area contributed by atoms with E-state index in [1.807, 2.05) is 42.2 Å². The van der Waals surface area contributed by atoms with Gasteiger partial charge in [-0.15, -0.1) is 0 Å². The third kappa shape index (κ3) is 3.23. The number of carbonyl (C=O) groups excluding carboxylic acids is 1. The van der Waals surface area contributed by atoms with Crippen molar-refractivity contribution in [2.24, 2.45) is 0 Å². The molecule has 1 N–H and O–H groups in total. The zero-order chi connectivity index (χ0) is 13.8. The number of carbonyl (C=O) groups is 1. The van der Waals surface area contributed by atoms with E-state index in [4.69, 9.17) is 12.2 Å². The lowest BCUT2D eigenvalue weighted by Gasteiger charge is -2.43. The Morgan fingerprint density at radius 1 is 1.26 bits per heavy atom. The fourth-order valence-corrected chi connectivity index (χ4v) is 2.67. The van der Waals surface area contributed by atoms with Crippen molar-refractivity contribution in [1.29, 1.82) is 0 Å². The number of amides is 1. The quantitative estimate of drug-likeness (QED) is 0.662. The third-order valence-electron chi connectivity index (χ3n) is 3.46. The smallest absolute Gasteiger partial charge is 0.210 e. The molecular formula is C14H19N3OS. The Morgan fingerprint density at radius 2 is 1.95 bits per heavy atom. The normalized spacial score (nSPS) is 23.1. The number of nitrogens with zero attached hydrogens (tertiary/aromatic N) is 2. The van der Waals surface area contributed by atoms with Gasteiger partial charge in [-0.25, -0.2) is 0 Å². The van der Waals surface area contributed by atoms with Crippen LogP contribution in [0.4, 0.5) is 5.69 Å². The van der Waals surface area contributed by atoms with Crippen molar-refractivity contribution in [1.82, 2.24) is 9.80 Å². The second kappa shape index (κ2) is 6.02. The summed E-state index contributed by atoms with van der Waals surface area (Å²) in [6.07, 6.45) is 0.923. The Labute approximate surface area is 119 Å². The molecule has 0 spiro atoms. The van der Waals surface area contributed by atoms with Crippen LogP contribution in [0.15, 0.2) is 30.3 Å². The molecule has 1 aromatic carbocycles. The third-order valence-corrected chi connectivity index (χ3v) is 3.79. The molecule has 1 aromatic rings. The zero-order valence-corrected chi connectivity index (χ0v) is 12.1. The molecule has 5 heteroatoms. The highest BCUT2D eigenvalue weighted by atomic mass is 32.1. The molecule has 0 saturated carbocycles. The second-order valence-electron chi connectivity index (χ2n) is 4.95. The summed E-state index contributed by atoms with van der Waals surface area (Å²) in [4.78, 5) is 14.9. The van der Waals surface area contributed by atoms with Crippen LogP contribution in [0.2, 0.25) is 0 Å². The Hall–Kier alpha value is -1.62. The molecule has 1 heterocycles. The van der Waals surface area contributed by atoms with Gasteiger partial charge >= 0.3 is 0 Å². The standard InChI is InChI=1S/C14H19N3OS/c1-11-9-17(12(2)8-16(11)10-18)14(19)15-13-6-4-3-5-7-13/h3-7,10-12H,8-9H2,1-2H3,(H,15,19)/t11-,12-/m1/s1. The van der Waals surface area contributed by atoms with Gasteiger partial charge in [0.2, 0.25) is 6.41 Å². The molecule has 102 valence electrons. The van der Waals surface area contributed by atoms with Gasteiger partial charge < -0.3 is 15.1 Å². The zero-order valence-electron chi connectivity index (χ0n) is 11.2. The minimum absolute atomic E-state index is 0.184. The average Bonchev–Trinajstić information content (AvgIpc) is 2.42. The van der Waals surface area contributed by atoms with Crippen molar-refractivity contribution in [3.63, 3.8) is 0 Å². The highest BCUT2D eigenvalue weighted by molar-refractivity contribution is 7.80. The van der Waals surface area contributed by atoms with Crippen LogP contribution in [-0.4, -0.2) is 46.5 Å². The highest BCUT2D eigenvalue weighted by Gasteiger charge is 2.29.